The maximum absolute atomic E-state index is 3.57. The van der Waals surface area contributed by atoms with Gasteiger partial charge in [0.15, 0.2) is 0 Å². The monoisotopic (exact) mass is 277 g/mol. The van der Waals surface area contributed by atoms with Crippen LogP contribution < -0.4 is 5.32 Å². The summed E-state index contributed by atoms with van der Waals surface area (Å²) in [7, 11) is 0. The van der Waals surface area contributed by atoms with Gasteiger partial charge < -0.3 is 5.32 Å². The first-order valence-corrected chi connectivity index (χ1v) is 9.08. The van der Waals surface area contributed by atoms with Gasteiger partial charge in [-0.1, -0.05) is 37.1 Å². The van der Waals surface area contributed by atoms with E-state index in [0.29, 0.717) is 0 Å². The Balaban J connectivity index is 1.54. The van der Waals surface area contributed by atoms with Gasteiger partial charge in [-0.05, 0) is 61.3 Å². The Morgan fingerprint density at radius 2 is 2.00 bits per heavy atom. The molecule has 0 heterocycles. The van der Waals surface area contributed by atoms with Crippen LogP contribution in [0.1, 0.15) is 55.6 Å². The van der Waals surface area contributed by atoms with Gasteiger partial charge in [-0.15, -0.1) is 0 Å². The summed E-state index contributed by atoms with van der Waals surface area (Å²) in [4.78, 5) is 0. The molecule has 106 valence electrons. The lowest BCUT2D eigenvalue weighted by Crippen LogP contribution is -2.14. The molecular weight excluding hydrogens is 250 g/mol. The van der Waals surface area contributed by atoms with Crippen LogP contribution in [0, 0.1) is 0 Å². The van der Waals surface area contributed by atoms with Crippen molar-refractivity contribution in [2.75, 3.05) is 18.6 Å². The van der Waals surface area contributed by atoms with Crippen LogP contribution in [0.15, 0.2) is 24.3 Å². The molecule has 0 bridgehead atoms. The van der Waals surface area contributed by atoms with Crippen LogP contribution in [0.5, 0.6) is 0 Å². The Labute approximate surface area is 122 Å². The average Bonchev–Trinajstić information content (AvgIpc) is 3.27. The Morgan fingerprint density at radius 3 is 2.79 bits per heavy atom. The fourth-order valence-electron chi connectivity index (χ4n) is 2.46. The highest BCUT2D eigenvalue weighted by Crippen LogP contribution is 2.40. The minimum absolute atomic E-state index is 0.872. The van der Waals surface area contributed by atoms with Crippen LogP contribution in [-0.4, -0.2) is 18.6 Å². The standard InChI is InChI=1S/C17H27NS/c1-19-12-5-3-2-4-11-18-14-15-7-6-8-17(13-15)16-9-10-16/h6-8,13,16,18H,2-5,9-12,14H2,1H3. The van der Waals surface area contributed by atoms with E-state index in [1.165, 1.54) is 49.8 Å². The van der Waals surface area contributed by atoms with E-state index in [9.17, 15) is 0 Å². The van der Waals surface area contributed by atoms with Crippen molar-refractivity contribution in [3.8, 4) is 0 Å². The lowest BCUT2D eigenvalue weighted by Gasteiger charge is -2.07. The minimum atomic E-state index is 0.872. The zero-order valence-electron chi connectivity index (χ0n) is 12.2. The number of benzene rings is 1. The Kier molecular flexibility index (Phi) is 6.80. The van der Waals surface area contributed by atoms with E-state index >= 15 is 0 Å². The van der Waals surface area contributed by atoms with Crippen molar-refractivity contribution >= 4 is 11.8 Å². The zero-order valence-corrected chi connectivity index (χ0v) is 13.0. The molecule has 1 nitrogen and oxygen atoms in total. The van der Waals surface area contributed by atoms with Crippen LogP contribution in [0.3, 0.4) is 0 Å². The molecule has 0 amide bonds. The van der Waals surface area contributed by atoms with Crippen molar-refractivity contribution in [1.29, 1.82) is 0 Å². The van der Waals surface area contributed by atoms with Crippen molar-refractivity contribution < 1.29 is 0 Å². The van der Waals surface area contributed by atoms with E-state index in [4.69, 9.17) is 0 Å². The predicted molar refractivity (Wildman–Crippen MR) is 87.0 cm³/mol. The molecule has 0 saturated heterocycles. The molecule has 1 aliphatic carbocycles. The van der Waals surface area contributed by atoms with Crippen molar-refractivity contribution in [3.05, 3.63) is 35.4 Å². The van der Waals surface area contributed by atoms with E-state index in [0.717, 1.165) is 19.0 Å². The molecule has 1 saturated carbocycles. The highest BCUT2D eigenvalue weighted by atomic mass is 32.2. The third-order valence-electron chi connectivity index (χ3n) is 3.78. The van der Waals surface area contributed by atoms with Crippen LogP contribution in [0.25, 0.3) is 0 Å². The Hall–Kier alpha value is -0.470. The van der Waals surface area contributed by atoms with E-state index in [1.807, 2.05) is 11.8 Å². The molecule has 0 radical (unpaired) electrons. The molecule has 2 heteroatoms. The van der Waals surface area contributed by atoms with Gasteiger partial charge in [-0.3, -0.25) is 0 Å². The van der Waals surface area contributed by atoms with Crippen LogP contribution in [0.4, 0.5) is 0 Å². The lowest BCUT2D eigenvalue weighted by molar-refractivity contribution is 0.599. The summed E-state index contributed by atoms with van der Waals surface area (Å²) in [5, 5.41) is 3.57. The Bertz CT molecular complexity index is 360. The summed E-state index contributed by atoms with van der Waals surface area (Å²) < 4.78 is 0. The van der Waals surface area contributed by atoms with Crippen LogP contribution in [0.2, 0.25) is 0 Å². The van der Waals surface area contributed by atoms with Gasteiger partial charge in [0.2, 0.25) is 0 Å². The van der Waals surface area contributed by atoms with E-state index in [-0.39, 0.29) is 0 Å². The fraction of sp³-hybridized carbons (Fsp3) is 0.647. The number of unbranched alkanes of at least 4 members (excludes halogenated alkanes) is 3. The summed E-state index contributed by atoms with van der Waals surface area (Å²) >= 11 is 1.96. The topological polar surface area (TPSA) is 12.0 Å². The molecule has 2 rings (SSSR count). The van der Waals surface area contributed by atoms with Gasteiger partial charge in [0.1, 0.15) is 0 Å². The lowest BCUT2D eigenvalue weighted by atomic mass is 10.1. The smallest absolute Gasteiger partial charge is 0.0205 e. The highest BCUT2D eigenvalue weighted by Gasteiger charge is 2.23. The third-order valence-corrected chi connectivity index (χ3v) is 4.48. The van der Waals surface area contributed by atoms with Gasteiger partial charge in [-0.25, -0.2) is 0 Å². The Morgan fingerprint density at radius 1 is 1.16 bits per heavy atom. The maximum atomic E-state index is 3.57. The number of hydrogen-bond donors (Lipinski definition) is 1. The van der Waals surface area contributed by atoms with Gasteiger partial charge in [0.05, 0.1) is 0 Å². The molecule has 0 unspecified atom stereocenters. The van der Waals surface area contributed by atoms with E-state index in [2.05, 4.69) is 35.8 Å². The first kappa shape index (κ1) is 14.9. The summed E-state index contributed by atoms with van der Waals surface area (Å²) in [6.45, 7) is 2.19. The zero-order chi connectivity index (χ0) is 13.3. The summed E-state index contributed by atoms with van der Waals surface area (Å²) in [5.74, 6) is 2.19. The molecule has 1 aromatic carbocycles. The second kappa shape index (κ2) is 8.65. The van der Waals surface area contributed by atoms with E-state index < -0.39 is 0 Å². The normalized spacial score (nSPS) is 14.8. The van der Waals surface area contributed by atoms with Crippen molar-refractivity contribution in [2.45, 2.75) is 51.0 Å². The largest absolute Gasteiger partial charge is 0.313 e. The van der Waals surface area contributed by atoms with Crippen molar-refractivity contribution in [2.24, 2.45) is 0 Å². The molecule has 0 aromatic heterocycles. The molecule has 1 aliphatic rings. The number of hydrogen-bond acceptors (Lipinski definition) is 2. The van der Waals surface area contributed by atoms with Crippen molar-refractivity contribution in [1.82, 2.24) is 5.32 Å². The molecule has 0 atom stereocenters. The second-order valence-corrected chi connectivity index (χ2v) is 6.59. The van der Waals surface area contributed by atoms with Gasteiger partial charge in [0.25, 0.3) is 0 Å². The number of rotatable bonds is 10. The first-order valence-electron chi connectivity index (χ1n) is 7.68. The van der Waals surface area contributed by atoms with Gasteiger partial charge in [-0.2, -0.15) is 11.8 Å². The second-order valence-electron chi connectivity index (χ2n) is 5.60. The summed E-state index contributed by atoms with van der Waals surface area (Å²) in [5.41, 5.74) is 3.00. The summed E-state index contributed by atoms with van der Waals surface area (Å²) in [6, 6.07) is 9.14. The maximum Gasteiger partial charge on any atom is 0.0205 e. The molecule has 1 N–H and O–H groups in total. The highest BCUT2D eigenvalue weighted by molar-refractivity contribution is 7.98. The predicted octanol–water partition coefficient (Wildman–Crippen LogP) is 4.58. The first-order chi connectivity index (χ1) is 9.40. The van der Waals surface area contributed by atoms with Gasteiger partial charge in [0, 0.05) is 6.54 Å². The SMILES string of the molecule is CSCCCCCCNCc1cccc(C2CC2)c1. The molecular formula is C17H27NS. The number of nitrogens with one attached hydrogen (secondary N) is 1. The number of thioether (sulfide) groups is 1. The summed E-state index contributed by atoms with van der Waals surface area (Å²) in [6.07, 6.45) is 10.4. The average molecular weight is 277 g/mol. The molecule has 1 aromatic rings. The minimum Gasteiger partial charge on any atom is -0.313 e. The van der Waals surface area contributed by atoms with E-state index in [1.54, 1.807) is 5.56 Å². The molecule has 0 aliphatic heterocycles. The fourth-order valence-corrected chi connectivity index (χ4v) is 2.95. The molecule has 19 heavy (non-hydrogen) atoms. The quantitative estimate of drug-likeness (QED) is 0.628. The van der Waals surface area contributed by atoms with Gasteiger partial charge >= 0.3 is 0 Å². The molecule has 0 spiro atoms. The van der Waals surface area contributed by atoms with Crippen molar-refractivity contribution in [3.63, 3.8) is 0 Å². The van der Waals surface area contributed by atoms with Crippen LogP contribution in [-0.2, 0) is 6.54 Å². The molecule has 1 fully saturated rings. The third kappa shape index (κ3) is 6.01. The van der Waals surface area contributed by atoms with Crippen LogP contribution >= 0.6 is 11.8 Å².